The van der Waals surface area contributed by atoms with E-state index in [1.165, 1.54) is 0 Å². The summed E-state index contributed by atoms with van der Waals surface area (Å²) in [6.45, 7) is 3.73. The molecule has 1 aromatic carbocycles. The van der Waals surface area contributed by atoms with Crippen LogP contribution in [-0.2, 0) is 25.7 Å². The Morgan fingerprint density at radius 1 is 1.30 bits per heavy atom. The SMILES string of the molecule is C[C@H](NC(=O)CN1CC2CC(C1)O2)C(=O)OCc1ccccc1. The van der Waals surface area contributed by atoms with Gasteiger partial charge in [-0.05, 0) is 12.5 Å². The van der Waals surface area contributed by atoms with Crippen molar-refractivity contribution in [3.05, 3.63) is 35.9 Å². The summed E-state index contributed by atoms with van der Waals surface area (Å²) in [6, 6.07) is 8.81. The third-order valence-corrected chi connectivity index (χ3v) is 4.16. The second-order valence-electron chi connectivity index (χ2n) is 6.19. The number of esters is 1. The van der Waals surface area contributed by atoms with Crippen LogP contribution in [0.25, 0.3) is 0 Å². The average molecular weight is 318 g/mol. The van der Waals surface area contributed by atoms with Crippen molar-refractivity contribution in [2.24, 2.45) is 0 Å². The smallest absolute Gasteiger partial charge is 0.328 e. The van der Waals surface area contributed by atoms with Crippen LogP contribution in [0.4, 0.5) is 0 Å². The molecule has 2 unspecified atom stereocenters. The molecule has 3 fully saturated rings. The van der Waals surface area contributed by atoms with Gasteiger partial charge in [0.25, 0.3) is 0 Å². The number of amides is 1. The molecule has 3 aliphatic rings. The minimum Gasteiger partial charge on any atom is -0.459 e. The summed E-state index contributed by atoms with van der Waals surface area (Å²) in [7, 11) is 0. The Labute approximate surface area is 135 Å². The molecule has 3 aliphatic heterocycles. The second-order valence-corrected chi connectivity index (χ2v) is 6.19. The maximum atomic E-state index is 12.0. The third-order valence-electron chi connectivity index (χ3n) is 4.16. The van der Waals surface area contributed by atoms with Crippen LogP contribution in [0.2, 0.25) is 0 Å². The monoisotopic (exact) mass is 318 g/mol. The molecule has 1 amide bonds. The number of nitrogens with one attached hydrogen (secondary N) is 1. The molecule has 0 spiro atoms. The van der Waals surface area contributed by atoms with E-state index in [0.717, 1.165) is 25.1 Å². The standard InChI is InChI=1S/C17H22N2O4/c1-12(17(21)22-11-13-5-3-2-4-6-13)18-16(20)10-19-8-14-7-15(9-19)23-14/h2-6,12,14-15H,7-11H2,1H3,(H,18,20)/t12-,14?,15?/m0/s1. The normalized spacial score (nSPS) is 24.4. The highest BCUT2D eigenvalue weighted by atomic mass is 16.5. The van der Waals surface area contributed by atoms with Crippen molar-refractivity contribution in [1.29, 1.82) is 0 Å². The second kappa shape index (κ2) is 7.10. The summed E-state index contributed by atoms with van der Waals surface area (Å²) < 4.78 is 10.8. The van der Waals surface area contributed by atoms with E-state index in [-0.39, 0.29) is 24.7 Å². The highest BCUT2D eigenvalue weighted by molar-refractivity contribution is 5.85. The molecular weight excluding hydrogens is 296 g/mol. The van der Waals surface area contributed by atoms with Gasteiger partial charge in [0.05, 0.1) is 18.8 Å². The summed E-state index contributed by atoms with van der Waals surface area (Å²) in [6.07, 6.45) is 1.64. The van der Waals surface area contributed by atoms with Crippen molar-refractivity contribution < 1.29 is 19.1 Å². The maximum absolute atomic E-state index is 12.0. The molecular formula is C17H22N2O4. The van der Waals surface area contributed by atoms with Crippen molar-refractivity contribution in [3.8, 4) is 0 Å². The molecule has 0 saturated carbocycles. The van der Waals surface area contributed by atoms with Gasteiger partial charge in [-0.3, -0.25) is 9.69 Å². The summed E-state index contributed by atoms with van der Waals surface area (Å²) in [5.41, 5.74) is 0.923. The number of morpholine rings is 1. The fourth-order valence-corrected chi connectivity index (χ4v) is 2.97. The van der Waals surface area contributed by atoms with Crippen LogP contribution in [0.3, 0.4) is 0 Å². The maximum Gasteiger partial charge on any atom is 0.328 e. The van der Waals surface area contributed by atoms with Gasteiger partial charge in [0.15, 0.2) is 0 Å². The fourth-order valence-electron chi connectivity index (χ4n) is 2.97. The Hall–Kier alpha value is -1.92. The zero-order valence-corrected chi connectivity index (χ0v) is 13.2. The summed E-state index contributed by atoms with van der Waals surface area (Å²) >= 11 is 0. The van der Waals surface area contributed by atoms with E-state index in [9.17, 15) is 9.59 Å². The molecule has 23 heavy (non-hydrogen) atoms. The van der Waals surface area contributed by atoms with E-state index in [4.69, 9.17) is 9.47 Å². The topological polar surface area (TPSA) is 67.9 Å². The summed E-state index contributed by atoms with van der Waals surface area (Å²) in [5.74, 6) is -0.581. The van der Waals surface area contributed by atoms with Gasteiger partial charge >= 0.3 is 5.97 Å². The molecule has 3 atom stereocenters. The number of carbonyl (C=O) groups excluding carboxylic acids is 2. The number of fused-ring (bicyclic) bond motifs is 2. The molecule has 124 valence electrons. The van der Waals surface area contributed by atoms with E-state index in [1.54, 1.807) is 6.92 Å². The zero-order valence-electron chi connectivity index (χ0n) is 13.2. The van der Waals surface area contributed by atoms with Crippen LogP contribution in [-0.4, -0.2) is 54.7 Å². The molecule has 4 rings (SSSR count). The molecule has 3 heterocycles. The van der Waals surface area contributed by atoms with Gasteiger partial charge in [0, 0.05) is 19.5 Å². The summed E-state index contributed by atoms with van der Waals surface area (Å²) in [5, 5.41) is 2.70. The quantitative estimate of drug-likeness (QED) is 0.782. The minimum absolute atomic E-state index is 0.157. The number of hydrogen-bond acceptors (Lipinski definition) is 5. The first-order chi connectivity index (χ1) is 11.1. The van der Waals surface area contributed by atoms with Crippen molar-refractivity contribution >= 4 is 11.9 Å². The first kappa shape index (κ1) is 16.0. The molecule has 6 heteroatoms. The number of benzene rings is 1. The number of piperidine rings is 1. The molecule has 1 N–H and O–H groups in total. The number of ether oxygens (including phenoxy) is 2. The van der Waals surface area contributed by atoms with E-state index >= 15 is 0 Å². The van der Waals surface area contributed by atoms with Crippen LogP contribution in [0, 0.1) is 0 Å². The fraction of sp³-hybridized carbons (Fsp3) is 0.529. The number of carbonyl (C=O) groups is 2. The molecule has 3 saturated heterocycles. The Bertz CT molecular complexity index is 547. The molecule has 6 nitrogen and oxygen atoms in total. The lowest BCUT2D eigenvalue weighted by Crippen LogP contribution is -2.59. The largest absolute Gasteiger partial charge is 0.459 e. The van der Waals surface area contributed by atoms with E-state index in [2.05, 4.69) is 10.2 Å². The highest BCUT2D eigenvalue weighted by Gasteiger charge is 2.38. The first-order valence-corrected chi connectivity index (χ1v) is 7.98. The number of rotatable bonds is 6. The molecule has 0 aliphatic carbocycles. The van der Waals surface area contributed by atoms with Gasteiger partial charge in [0.2, 0.25) is 5.91 Å². The summed E-state index contributed by atoms with van der Waals surface area (Å²) in [4.78, 5) is 26.0. The predicted molar refractivity (Wildman–Crippen MR) is 83.6 cm³/mol. The van der Waals surface area contributed by atoms with Gasteiger partial charge in [-0.15, -0.1) is 0 Å². The van der Waals surface area contributed by atoms with Crippen LogP contribution >= 0.6 is 0 Å². The van der Waals surface area contributed by atoms with Crippen molar-refractivity contribution in [2.75, 3.05) is 19.6 Å². The van der Waals surface area contributed by atoms with Gasteiger partial charge in [-0.25, -0.2) is 4.79 Å². The Balaban J connectivity index is 1.38. The van der Waals surface area contributed by atoms with Crippen molar-refractivity contribution in [1.82, 2.24) is 10.2 Å². The third kappa shape index (κ3) is 4.30. The van der Waals surface area contributed by atoms with Crippen molar-refractivity contribution in [2.45, 2.75) is 38.2 Å². The van der Waals surface area contributed by atoms with Gasteiger partial charge < -0.3 is 14.8 Å². The highest BCUT2D eigenvalue weighted by Crippen LogP contribution is 2.27. The van der Waals surface area contributed by atoms with Crippen molar-refractivity contribution in [3.63, 3.8) is 0 Å². The van der Waals surface area contributed by atoms with Crippen LogP contribution < -0.4 is 5.32 Å². The Morgan fingerprint density at radius 2 is 1.96 bits per heavy atom. The lowest BCUT2D eigenvalue weighted by atomic mass is 9.99. The lowest BCUT2D eigenvalue weighted by Gasteiger charge is -2.46. The molecule has 1 aromatic rings. The number of nitrogens with zero attached hydrogens (tertiary/aromatic N) is 1. The number of hydrogen-bond donors (Lipinski definition) is 1. The Kier molecular flexibility index (Phi) is 4.93. The Morgan fingerprint density at radius 3 is 2.61 bits per heavy atom. The van der Waals surface area contributed by atoms with Crippen LogP contribution in [0.15, 0.2) is 30.3 Å². The zero-order chi connectivity index (χ0) is 16.2. The van der Waals surface area contributed by atoms with E-state index in [1.807, 2.05) is 30.3 Å². The minimum atomic E-state index is -0.651. The van der Waals surface area contributed by atoms with Gasteiger partial charge in [-0.1, -0.05) is 30.3 Å². The molecule has 0 radical (unpaired) electrons. The van der Waals surface area contributed by atoms with Crippen LogP contribution in [0.5, 0.6) is 0 Å². The van der Waals surface area contributed by atoms with Gasteiger partial charge in [0.1, 0.15) is 12.6 Å². The van der Waals surface area contributed by atoms with E-state index in [0.29, 0.717) is 6.54 Å². The first-order valence-electron chi connectivity index (χ1n) is 7.98. The van der Waals surface area contributed by atoms with Gasteiger partial charge in [-0.2, -0.15) is 0 Å². The van der Waals surface area contributed by atoms with Crippen LogP contribution in [0.1, 0.15) is 18.9 Å². The van der Waals surface area contributed by atoms with E-state index < -0.39 is 12.0 Å². The molecule has 0 aromatic heterocycles. The predicted octanol–water partition coefficient (Wildman–Crippen LogP) is 0.708. The molecule has 2 bridgehead atoms. The average Bonchev–Trinajstić information content (AvgIpc) is 2.52. The lowest BCUT2D eigenvalue weighted by molar-refractivity contribution is -0.181.